The van der Waals surface area contributed by atoms with Crippen molar-refractivity contribution < 1.29 is 17.9 Å². The fourth-order valence-electron chi connectivity index (χ4n) is 2.94. The Bertz CT molecular complexity index is 1300. The minimum absolute atomic E-state index is 0.0488. The largest absolute Gasteiger partial charge is 0.495 e. The minimum Gasteiger partial charge on any atom is -0.495 e. The van der Waals surface area contributed by atoms with E-state index in [-0.39, 0.29) is 15.8 Å². The third-order valence-corrected chi connectivity index (χ3v) is 6.60. The highest BCUT2D eigenvalue weighted by atomic mass is 35.5. The Morgan fingerprint density at radius 1 is 1.12 bits per heavy atom. The fourth-order valence-corrected chi connectivity index (χ4v) is 4.30. The van der Waals surface area contributed by atoms with Crippen molar-refractivity contribution in [2.75, 3.05) is 12.4 Å². The summed E-state index contributed by atoms with van der Waals surface area (Å²) in [5.41, 5.74) is 0.689. The van der Waals surface area contributed by atoms with E-state index in [0.717, 1.165) is 22.4 Å². The molecule has 1 N–H and O–H groups in total. The molecular formula is C22H22ClN3O5S. The maximum Gasteiger partial charge on any atom is 0.267 e. The summed E-state index contributed by atoms with van der Waals surface area (Å²) in [6.45, 7) is 3.51. The molecule has 3 rings (SSSR count). The van der Waals surface area contributed by atoms with E-state index in [2.05, 4.69) is 10.4 Å². The van der Waals surface area contributed by atoms with Crippen LogP contribution in [0.1, 0.15) is 25.3 Å². The number of sulfone groups is 1. The van der Waals surface area contributed by atoms with Crippen molar-refractivity contribution in [3.63, 3.8) is 0 Å². The molecule has 0 saturated carbocycles. The highest BCUT2D eigenvalue weighted by molar-refractivity contribution is 7.91. The molecule has 8 nitrogen and oxygen atoms in total. The van der Waals surface area contributed by atoms with Gasteiger partial charge < -0.3 is 10.1 Å². The van der Waals surface area contributed by atoms with Crippen LogP contribution < -0.4 is 15.6 Å². The van der Waals surface area contributed by atoms with E-state index in [4.69, 9.17) is 16.3 Å². The Kier molecular flexibility index (Phi) is 7.00. The number of halogens is 1. The van der Waals surface area contributed by atoms with Crippen LogP contribution in [0.25, 0.3) is 0 Å². The van der Waals surface area contributed by atoms with Crippen molar-refractivity contribution in [2.45, 2.75) is 36.2 Å². The zero-order chi connectivity index (χ0) is 23.5. The lowest BCUT2D eigenvalue weighted by Gasteiger charge is -2.12. The maximum absolute atomic E-state index is 13.0. The van der Waals surface area contributed by atoms with Gasteiger partial charge in [0, 0.05) is 11.1 Å². The zero-order valence-corrected chi connectivity index (χ0v) is 19.3. The molecule has 0 aliphatic carbocycles. The van der Waals surface area contributed by atoms with Crippen molar-refractivity contribution in [1.82, 2.24) is 9.78 Å². The average Bonchev–Trinajstić information content (AvgIpc) is 2.75. The van der Waals surface area contributed by atoms with E-state index in [1.165, 1.54) is 25.3 Å². The van der Waals surface area contributed by atoms with Crippen LogP contribution >= 0.6 is 11.6 Å². The summed E-state index contributed by atoms with van der Waals surface area (Å²) in [5.74, 6) is 0.0312. The molecule has 1 aromatic heterocycles. The second kappa shape index (κ2) is 9.54. The molecule has 0 unspecified atom stereocenters. The minimum atomic E-state index is -3.97. The summed E-state index contributed by atoms with van der Waals surface area (Å²) in [6, 6.07) is 13.3. The van der Waals surface area contributed by atoms with Crippen molar-refractivity contribution in [1.29, 1.82) is 0 Å². The third kappa shape index (κ3) is 5.17. The van der Waals surface area contributed by atoms with E-state index >= 15 is 0 Å². The van der Waals surface area contributed by atoms with E-state index < -0.39 is 27.8 Å². The first-order chi connectivity index (χ1) is 15.1. The number of carbonyl (C=O) groups excluding carboxylic acids is 1. The molecule has 0 aliphatic rings. The van der Waals surface area contributed by atoms with Gasteiger partial charge in [-0.3, -0.25) is 9.59 Å². The number of rotatable bonds is 7. The van der Waals surface area contributed by atoms with Gasteiger partial charge in [0.05, 0.1) is 17.7 Å². The highest BCUT2D eigenvalue weighted by Crippen LogP contribution is 2.27. The molecule has 32 heavy (non-hydrogen) atoms. The molecule has 3 aromatic rings. The first kappa shape index (κ1) is 23.5. The van der Waals surface area contributed by atoms with Crippen LogP contribution in [0.2, 0.25) is 5.02 Å². The lowest BCUT2D eigenvalue weighted by atomic mass is 10.0. The molecule has 0 aliphatic heterocycles. The summed E-state index contributed by atoms with van der Waals surface area (Å²) >= 11 is 5.96. The number of ether oxygens (including phenoxy) is 1. The van der Waals surface area contributed by atoms with Gasteiger partial charge in [-0.05, 0) is 47.9 Å². The molecule has 168 valence electrons. The topological polar surface area (TPSA) is 107 Å². The molecule has 0 spiro atoms. The van der Waals surface area contributed by atoms with Crippen LogP contribution in [0.4, 0.5) is 5.69 Å². The van der Waals surface area contributed by atoms with E-state index in [1.54, 1.807) is 24.3 Å². The molecule has 1 amide bonds. The molecule has 2 aromatic carbocycles. The van der Waals surface area contributed by atoms with Crippen molar-refractivity contribution in [3.05, 3.63) is 75.5 Å². The first-order valence-electron chi connectivity index (χ1n) is 9.68. The SMILES string of the molecule is COc1ccc(Cl)cc1NC(=O)Cn1nc(S(=O)(=O)c2ccc(C(C)C)cc2)ccc1=O. The second-order valence-electron chi connectivity index (χ2n) is 7.29. The summed E-state index contributed by atoms with van der Waals surface area (Å²) in [4.78, 5) is 24.7. The van der Waals surface area contributed by atoms with E-state index in [9.17, 15) is 18.0 Å². The Balaban J connectivity index is 1.86. The number of amides is 1. The molecular weight excluding hydrogens is 454 g/mol. The molecule has 0 atom stereocenters. The number of methoxy groups -OCH3 is 1. The monoisotopic (exact) mass is 475 g/mol. The quantitative estimate of drug-likeness (QED) is 0.560. The van der Waals surface area contributed by atoms with Gasteiger partial charge >= 0.3 is 0 Å². The van der Waals surface area contributed by atoms with Crippen molar-refractivity contribution >= 4 is 33.0 Å². The normalized spacial score (nSPS) is 11.4. The Hall–Kier alpha value is -3.17. The van der Waals surface area contributed by atoms with Gasteiger partial charge in [0.15, 0.2) is 5.03 Å². The lowest BCUT2D eigenvalue weighted by molar-refractivity contribution is -0.117. The fraction of sp³-hybridized carbons (Fsp3) is 0.227. The first-order valence-corrected chi connectivity index (χ1v) is 11.5. The standard InChI is InChI=1S/C22H22ClN3O5S/c1-14(2)15-4-7-17(8-5-15)32(29,30)21-10-11-22(28)26(25-21)13-20(27)24-18-12-16(23)6-9-19(18)31-3/h4-12,14H,13H2,1-3H3,(H,24,27). The van der Waals surface area contributed by atoms with Crippen LogP contribution in [0, 0.1) is 0 Å². The van der Waals surface area contributed by atoms with Crippen LogP contribution in [0.5, 0.6) is 5.75 Å². The van der Waals surface area contributed by atoms with Gasteiger partial charge in [-0.2, -0.15) is 5.10 Å². The Morgan fingerprint density at radius 2 is 1.81 bits per heavy atom. The molecule has 0 fully saturated rings. The van der Waals surface area contributed by atoms with Gasteiger partial charge in [-0.25, -0.2) is 13.1 Å². The number of nitrogens with zero attached hydrogens (tertiary/aromatic N) is 2. The van der Waals surface area contributed by atoms with Crippen LogP contribution in [0.15, 0.2) is 69.3 Å². The smallest absolute Gasteiger partial charge is 0.267 e. The number of benzene rings is 2. The Labute approximate surface area is 190 Å². The number of nitrogens with one attached hydrogen (secondary N) is 1. The third-order valence-electron chi connectivity index (χ3n) is 4.70. The summed E-state index contributed by atoms with van der Waals surface area (Å²) in [5, 5.41) is 6.56. The number of aromatic nitrogens is 2. The summed E-state index contributed by atoms with van der Waals surface area (Å²) < 4.78 is 31.9. The molecule has 1 heterocycles. The van der Waals surface area contributed by atoms with Crippen molar-refractivity contribution in [2.24, 2.45) is 0 Å². The van der Waals surface area contributed by atoms with E-state index in [1.807, 2.05) is 13.8 Å². The number of hydrogen-bond acceptors (Lipinski definition) is 6. The van der Waals surface area contributed by atoms with Crippen LogP contribution in [0.3, 0.4) is 0 Å². The Morgan fingerprint density at radius 3 is 2.44 bits per heavy atom. The predicted molar refractivity (Wildman–Crippen MR) is 121 cm³/mol. The maximum atomic E-state index is 13.0. The van der Waals surface area contributed by atoms with Gasteiger partial charge in [0.2, 0.25) is 15.7 Å². The molecule has 10 heteroatoms. The number of carbonyl (C=O) groups is 1. The lowest BCUT2D eigenvalue weighted by Crippen LogP contribution is -2.30. The predicted octanol–water partition coefficient (Wildman–Crippen LogP) is 3.50. The average molecular weight is 476 g/mol. The van der Waals surface area contributed by atoms with Gasteiger partial charge in [-0.15, -0.1) is 0 Å². The van der Waals surface area contributed by atoms with Crippen molar-refractivity contribution in [3.8, 4) is 5.75 Å². The molecule has 0 bridgehead atoms. The molecule has 0 radical (unpaired) electrons. The zero-order valence-electron chi connectivity index (χ0n) is 17.7. The molecule has 0 saturated heterocycles. The van der Waals surface area contributed by atoms with Gasteiger partial charge in [0.25, 0.3) is 5.56 Å². The van der Waals surface area contributed by atoms with Gasteiger partial charge in [-0.1, -0.05) is 37.6 Å². The second-order valence-corrected chi connectivity index (χ2v) is 9.62. The summed E-state index contributed by atoms with van der Waals surface area (Å²) in [6.07, 6.45) is 0. The van der Waals surface area contributed by atoms with Gasteiger partial charge in [0.1, 0.15) is 12.3 Å². The van der Waals surface area contributed by atoms with Crippen LogP contribution in [-0.4, -0.2) is 31.2 Å². The van der Waals surface area contributed by atoms with Crippen LogP contribution in [-0.2, 0) is 21.2 Å². The number of anilines is 1. The number of hydrogen-bond donors (Lipinski definition) is 1. The van der Waals surface area contributed by atoms with E-state index in [0.29, 0.717) is 16.5 Å². The highest BCUT2D eigenvalue weighted by Gasteiger charge is 2.21. The summed E-state index contributed by atoms with van der Waals surface area (Å²) in [7, 11) is -2.53.